The second kappa shape index (κ2) is 6.67. The number of halogens is 1. The Balaban J connectivity index is 1.96. The van der Waals surface area contributed by atoms with Crippen molar-refractivity contribution >= 4 is 50.4 Å². The number of benzene rings is 3. The molecule has 0 atom stereocenters. The van der Waals surface area contributed by atoms with Crippen LogP contribution in [0.4, 0.5) is 0 Å². The van der Waals surface area contributed by atoms with E-state index in [1.54, 1.807) is 6.07 Å². The van der Waals surface area contributed by atoms with E-state index in [2.05, 4.69) is 15.9 Å². The van der Waals surface area contributed by atoms with Crippen LogP contribution in [-0.4, -0.2) is 22.2 Å². The van der Waals surface area contributed by atoms with Crippen LogP contribution in [-0.2, 0) is 0 Å². The molecule has 0 saturated carbocycles. The molecule has 0 unspecified atom stereocenters. The molecule has 0 aliphatic heterocycles. The molecule has 24 heavy (non-hydrogen) atoms. The minimum atomic E-state index is -1.25. The van der Waals surface area contributed by atoms with Crippen molar-refractivity contribution in [1.82, 2.24) is 0 Å². The summed E-state index contributed by atoms with van der Waals surface area (Å²) < 4.78 is 1.01. The molecule has 0 bridgehead atoms. The maximum Gasteiger partial charge on any atom is 0.336 e. The Morgan fingerprint density at radius 3 is 2.04 bits per heavy atom. The van der Waals surface area contributed by atoms with Crippen LogP contribution in [0.25, 0.3) is 10.8 Å². The molecule has 3 aromatic carbocycles. The molecule has 0 spiro atoms. The Hall–Kier alpha value is -2.31. The summed E-state index contributed by atoms with van der Waals surface area (Å²) in [4.78, 5) is 24.0. The van der Waals surface area contributed by atoms with Gasteiger partial charge in [0.1, 0.15) is 0 Å². The largest absolute Gasteiger partial charge is 0.478 e. The molecule has 0 amide bonds. The minimum absolute atomic E-state index is 0.211. The van der Waals surface area contributed by atoms with Crippen LogP contribution in [0.2, 0.25) is 0 Å². The number of carboxylic acids is 2. The average Bonchev–Trinajstić information content (AvgIpc) is 2.54. The molecule has 4 nitrogen and oxygen atoms in total. The standard InChI is InChI=1S/C18H11BrO4S/c19-12-3-1-11-8-13(4-2-10(11)7-12)24-14-5-6-15(17(20)21)16(9-14)18(22)23/h1-9H,(H,20,21)(H,22,23). The molecule has 6 heteroatoms. The fourth-order valence-corrected chi connectivity index (χ4v) is 3.63. The Morgan fingerprint density at radius 2 is 1.33 bits per heavy atom. The van der Waals surface area contributed by atoms with Crippen LogP contribution in [0.15, 0.2) is 68.9 Å². The molecule has 0 heterocycles. The van der Waals surface area contributed by atoms with Crippen molar-refractivity contribution < 1.29 is 19.8 Å². The highest BCUT2D eigenvalue weighted by atomic mass is 79.9. The molecular formula is C18H11BrO4S. The summed E-state index contributed by atoms with van der Waals surface area (Å²) in [7, 11) is 0. The lowest BCUT2D eigenvalue weighted by atomic mass is 10.1. The highest BCUT2D eigenvalue weighted by molar-refractivity contribution is 9.10. The zero-order chi connectivity index (χ0) is 17.3. The lowest BCUT2D eigenvalue weighted by molar-refractivity contribution is 0.0651. The zero-order valence-electron chi connectivity index (χ0n) is 12.2. The van der Waals surface area contributed by atoms with E-state index in [4.69, 9.17) is 5.11 Å². The summed E-state index contributed by atoms with van der Waals surface area (Å²) in [6, 6.07) is 16.3. The fraction of sp³-hybridized carbons (Fsp3) is 0. The maximum atomic E-state index is 11.3. The predicted octanol–water partition coefficient (Wildman–Crippen LogP) is 5.15. The summed E-state index contributed by atoms with van der Waals surface area (Å²) >= 11 is 4.83. The first kappa shape index (κ1) is 16.5. The van der Waals surface area contributed by atoms with Crippen LogP contribution in [0.5, 0.6) is 0 Å². The van der Waals surface area contributed by atoms with E-state index in [0.717, 1.165) is 20.1 Å². The van der Waals surface area contributed by atoms with Crippen molar-refractivity contribution in [3.63, 3.8) is 0 Å². The number of aromatic carboxylic acids is 2. The van der Waals surface area contributed by atoms with E-state index in [0.29, 0.717) is 4.90 Å². The molecule has 0 saturated heterocycles. The summed E-state index contributed by atoms with van der Waals surface area (Å²) in [6.07, 6.45) is 0. The van der Waals surface area contributed by atoms with E-state index in [9.17, 15) is 14.7 Å². The topological polar surface area (TPSA) is 74.6 Å². The molecule has 120 valence electrons. The van der Waals surface area contributed by atoms with Crippen molar-refractivity contribution in [2.75, 3.05) is 0 Å². The van der Waals surface area contributed by atoms with Crippen molar-refractivity contribution in [2.24, 2.45) is 0 Å². The van der Waals surface area contributed by atoms with E-state index in [-0.39, 0.29) is 11.1 Å². The Morgan fingerprint density at radius 1 is 0.750 bits per heavy atom. The van der Waals surface area contributed by atoms with Gasteiger partial charge in [-0.15, -0.1) is 0 Å². The third-order valence-electron chi connectivity index (χ3n) is 3.46. The first-order chi connectivity index (χ1) is 11.4. The van der Waals surface area contributed by atoms with E-state index < -0.39 is 11.9 Å². The SMILES string of the molecule is O=C(O)c1ccc(Sc2ccc3cc(Br)ccc3c2)cc1C(=O)O. The van der Waals surface area contributed by atoms with Crippen molar-refractivity contribution in [2.45, 2.75) is 9.79 Å². The van der Waals surface area contributed by atoms with E-state index in [1.807, 2.05) is 36.4 Å². The molecule has 3 aromatic rings. The van der Waals surface area contributed by atoms with Gasteiger partial charge in [-0.3, -0.25) is 0 Å². The first-order valence-corrected chi connectivity index (χ1v) is 8.53. The third kappa shape index (κ3) is 3.44. The third-order valence-corrected chi connectivity index (χ3v) is 4.93. The second-order valence-electron chi connectivity index (χ2n) is 5.07. The van der Waals surface area contributed by atoms with Gasteiger partial charge in [0, 0.05) is 14.3 Å². The highest BCUT2D eigenvalue weighted by Crippen LogP contribution is 2.32. The summed E-state index contributed by atoms with van der Waals surface area (Å²) in [5, 5.41) is 20.4. The van der Waals surface area contributed by atoms with Crippen molar-refractivity contribution in [3.05, 3.63) is 70.2 Å². The summed E-state index contributed by atoms with van der Waals surface area (Å²) in [6.45, 7) is 0. The minimum Gasteiger partial charge on any atom is -0.478 e. The summed E-state index contributed by atoms with van der Waals surface area (Å²) in [5.74, 6) is -2.50. The molecular weight excluding hydrogens is 392 g/mol. The highest BCUT2D eigenvalue weighted by Gasteiger charge is 2.16. The Labute approximate surface area is 150 Å². The lowest BCUT2D eigenvalue weighted by Crippen LogP contribution is -2.07. The Bertz CT molecular complexity index is 968. The monoisotopic (exact) mass is 402 g/mol. The average molecular weight is 403 g/mol. The van der Waals surface area contributed by atoms with Crippen LogP contribution in [0, 0.1) is 0 Å². The van der Waals surface area contributed by atoms with Gasteiger partial charge in [-0.05, 0) is 53.2 Å². The number of fused-ring (bicyclic) bond motifs is 1. The van der Waals surface area contributed by atoms with Crippen LogP contribution in [0.1, 0.15) is 20.7 Å². The first-order valence-electron chi connectivity index (χ1n) is 6.92. The number of carboxylic acid groups (broad SMARTS) is 2. The van der Waals surface area contributed by atoms with Gasteiger partial charge in [-0.25, -0.2) is 9.59 Å². The van der Waals surface area contributed by atoms with Gasteiger partial charge in [-0.2, -0.15) is 0 Å². The van der Waals surface area contributed by atoms with Crippen molar-refractivity contribution in [1.29, 1.82) is 0 Å². The van der Waals surface area contributed by atoms with E-state index in [1.165, 1.54) is 23.9 Å². The number of carbonyl (C=O) groups is 2. The molecule has 0 aliphatic rings. The van der Waals surface area contributed by atoms with Gasteiger partial charge in [0.2, 0.25) is 0 Å². The van der Waals surface area contributed by atoms with Gasteiger partial charge in [0.25, 0.3) is 0 Å². The Kier molecular flexibility index (Phi) is 4.59. The van der Waals surface area contributed by atoms with Gasteiger partial charge in [0.05, 0.1) is 11.1 Å². The van der Waals surface area contributed by atoms with Gasteiger partial charge >= 0.3 is 11.9 Å². The second-order valence-corrected chi connectivity index (χ2v) is 7.14. The molecule has 0 fully saturated rings. The fourth-order valence-electron chi connectivity index (χ4n) is 2.34. The molecule has 2 N–H and O–H groups in total. The number of rotatable bonds is 4. The lowest BCUT2D eigenvalue weighted by Gasteiger charge is -2.07. The molecule has 0 aromatic heterocycles. The number of hydrogen-bond acceptors (Lipinski definition) is 3. The van der Waals surface area contributed by atoms with Crippen LogP contribution in [0.3, 0.4) is 0 Å². The van der Waals surface area contributed by atoms with Crippen molar-refractivity contribution in [3.8, 4) is 0 Å². The molecule has 0 radical (unpaired) electrons. The normalized spacial score (nSPS) is 10.7. The quantitative estimate of drug-likeness (QED) is 0.630. The van der Waals surface area contributed by atoms with Crippen LogP contribution >= 0.6 is 27.7 Å². The van der Waals surface area contributed by atoms with Gasteiger partial charge in [0.15, 0.2) is 0 Å². The number of hydrogen-bond donors (Lipinski definition) is 2. The molecule has 0 aliphatic carbocycles. The van der Waals surface area contributed by atoms with E-state index >= 15 is 0 Å². The summed E-state index contributed by atoms with van der Waals surface area (Å²) in [5.41, 5.74) is -0.424. The predicted molar refractivity (Wildman–Crippen MR) is 96.1 cm³/mol. The van der Waals surface area contributed by atoms with Gasteiger partial charge in [-0.1, -0.05) is 39.8 Å². The smallest absolute Gasteiger partial charge is 0.336 e. The zero-order valence-corrected chi connectivity index (χ0v) is 14.6. The molecule has 3 rings (SSSR count). The van der Waals surface area contributed by atoms with Gasteiger partial charge < -0.3 is 10.2 Å². The van der Waals surface area contributed by atoms with Crippen LogP contribution < -0.4 is 0 Å². The maximum absolute atomic E-state index is 11.3.